The van der Waals surface area contributed by atoms with E-state index >= 15 is 0 Å². The van der Waals surface area contributed by atoms with Crippen molar-refractivity contribution in [2.24, 2.45) is 0 Å². The fourth-order valence-corrected chi connectivity index (χ4v) is 3.33. The van der Waals surface area contributed by atoms with Crippen LogP contribution in [0.5, 0.6) is 5.75 Å². The van der Waals surface area contributed by atoms with Crippen molar-refractivity contribution < 1.29 is 14.3 Å². The third-order valence-corrected chi connectivity index (χ3v) is 4.66. The van der Waals surface area contributed by atoms with E-state index in [0.717, 1.165) is 17.7 Å². The molecule has 1 heterocycles. The predicted molar refractivity (Wildman–Crippen MR) is 97.8 cm³/mol. The first kappa shape index (κ1) is 17.5. The van der Waals surface area contributed by atoms with Crippen LogP contribution in [0.15, 0.2) is 54.6 Å². The molecule has 0 aliphatic carbocycles. The molecule has 2 aromatic rings. The van der Waals surface area contributed by atoms with Gasteiger partial charge < -0.3 is 14.4 Å². The number of rotatable bonds is 6. The molecular weight excluding hydrogens is 314 g/mol. The molecule has 132 valence electrons. The van der Waals surface area contributed by atoms with Gasteiger partial charge in [0.1, 0.15) is 5.75 Å². The molecule has 1 aliphatic rings. The van der Waals surface area contributed by atoms with Gasteiger partial charge in [-0.1, -0.05) is 48.5 Å². The molecule has 0 spiro atoms. The number of methoxy groups -OCH3 is 1. The quantitative estimate of drug-likeness (QED) is 0.812. The summed E-state index contributed by atoms with van der Waals surface area (Å²) < 4.78 is 11.0. The highest BCUT2D eigenvalue weighted by Gasteiger charge is 2.27. The third-order valence-electron chi connectivity index (χ3n) is 4.66. The lowest BCUT2D eigenvalue weighted by atomic mass is 10.0. The molecule has 1 unspecified atom stereocenters. The number of benzene rings is 2. The Bertz CT molecular complexity index is 687. The number of hydrogen-bond acceptors (Lipinski definition) is 3. The summed E-state index contributed by atoms with van der Waals surface area (Å²) in [5.74, 6) is 1.04. The number of para-hydroxylation sites is 1. The van der Waals surface area contributed by atoms with Gasteiger partial charge in [-0.25, -0.2) is 0 Å². The van der Waals surface area contributed by atoms with Gasteiger partial charge in [0.25, 0.3) is 0 Å². The highest BCUT2D eigenvalue weighted by Crippen LogP contribution is 2.20. The van der Waals surface area contributed by atoms with Gasteiger partial charge in [-0.2, -0.15) is 0 Å². The minimum Gasteiger partial charge on any atom is -0.496 e. The zero-order chi connectivity index (χ0) is 17.5. The van der Waals surface area contributed by atoms with Gasteiger partial charge in [-0.05, 0) is 30.0 Å². The van der Waals surface area contributed by atoms with E-state index in [-0.39, 0.29) is 11.9 Å². The summed E-state index contributed by atoms with van der Waals surface area (Å²) in [6.07, 6.45) is 2.02. The summed E-state index contributed by atoms with van der Waals surface area (Å²) in [5.41, 5.74) is 2.31. The summed E-state index contributed by atoms with van der Waals surface area (Å²) in [6.45, 7) is 1.89. The molecule has 0 saturated carbocycles. The maximum absolute atomic E-state index is 12.8. The number of nitrogens with zero attached hydrogens (tertiary/aromatic N) is 1. The molecule has 0 bridgehead atoms. The van der Waals surface area contributed by atoms with Crippen molar-refractivity contribution in [3.05, 3.63) is 65.7 Å². The lowest BCUT2D eigenvalue weighted by Gasteiger charge is -2.36. The standard InChI is InChI=1S/C21H25NO3/c1-24-20-10-6-5-9-18(20)11-12-21(23)22-13-14-25-16-19(22)15-17-7-3-2-4-8-17/h2-10,19H,11-16H2,1H3. The van der Waals surface area contributed by atoms with E-state index in [1.54, 1.807) is 7.11 Å². The fraction of sp³-hybridized carbons (Fsp3) is 0.381. The maximum atomic E-state index is 12.8. The minimum atomic E-state index is 0.112. The van der Waals surface area contributed by atoms with Crippen LogP contribution in [0.2, 0.25) is 0 Å². The van der Waals surface area contributed by atoms with Gasteiger partial charge in [0.05, 0.1) is 26.4 Å². The van der Waals surface area contributed by atoms with Crippen LogP contribution < -0.4 is 4.74 Å². The SMILES string of the molecule is COc1ccccc1CCC(=O)N1CCOCC1Cc1ccccc1. The van der Waals surface area contributed by atoms with Crippen LogP contribution in [0.4, 0.5) is 0 Å². The van der Waals surface area contributed by atoms with E-state index in [2.05, 4.69) is 12.1 Å². The summed E-state index contributed by atoms with van der Waals surface area (Å²) in [6, 6.07) is 18.3. The number of amides is 1. The highest BCUT2D eigenvalue weighted by atomic mass is 16.5. The van der Waals surface area contributed by atoms with Crippen LogP contribution in [0.1, 0.15) is 17.5 Å². The summed E-state index contributed by atoms with van der Waals surface area (Å²) in [4.78, 5) is 14.8. The number of hydrogen-bond donors (Lipinski definition) is 0. The molecular formula is C21H25NO3. The number of carbonyl (C=O) groups is 1. The number of ether oxygens (including phenoxy) is 2. The van der Waals surface area contributed by atoms with E-state index in [1.165, 1.54) is 5.56 Å². The molecule has 1 saturated heterocycles. The van der Waals surface area contributed by atoms with Gasteiger partial charge in [-0.15, -0.1) is 0 Å². The van der Waals surface area contributed by atoms with Crippen LogP contribution in [0, 0.1) is 0 Å². The Hall–Kier alpha value is -2.33. The average molecular weight is 339 g/mol. The number of aryl methyl sites for hydroxylation is 1. The van der Waals surface area contributed by atoms with Gasteiger partial charge in [0, 0.05) is 13.0 Å². The normalized spacial score (nSPS) is 17.3. The summed E-state index contributed by atoms with van der Waals surface area (Å²) in [5, 5.41) is 0. The third kappa shape index (κ3) is 4.60. The molecule has 1 fully saturated rings. The topological polar surface area (TPSA) is 38.8 Å². The van der Waals surface area contributed by atoms with E-state index in [4.69, 9.17) is 9.47 Å². The molecule has 0 radical (unpaired) electrons. The van der Waals surface area contributed by atoms with Crippen LogP contribution >= 0.6 is 0 Å². The molecule has 1 atom stereocenters. The lowest BCUT2D eigenvalue weighted by molar-refractivity contribution is -0.139. The van der Waals surface area contributed by atoms with Crippen molar-refractivity contribution in [3.63, 3.8) is 0 Å². The molecule has 4 heteroatoms. The minimum absolute atomic E-state index is 0.112. The van der Waals surface area contributed by atoms with Gasteiger partial charge in [-0.3, -0.25) is 4.79 Å². The molecule has 0 N–H and O–H groups in total. The van der Waals surface area contributed by atoms with E-state index in [0.29, 0.717) is 32.6 Å². The molecule has 2 aromatic carbocycles. The molecule has 0 aromatic heterocycles. The van der Waals surface area contributed by atoms with Crippen molar-refractivity contribution >= 4 is 5.91 Å². The van der Waals surface area contributed by atoms with E-state index < -0.39 is 0 Å². The second kappa shape index (κ2) is 8.67. The Balaban J connectivity index is 1.62. The van der Waals surface area contributed by atoms with Crippen LogP contribution in [-0.2, 0) is 22.4 Å². The van der Waals surface area contributed by atoms with Crippen LogP contribution in [0.3, 0.4) is 0 Å². The van der Waals surface area contributed by atoms with Crippen molar-refractivity contribution in [2.75, 3.05) is 26.9 Å². The Morgan fingerprint density at radius 1 is 1.16 bits per heavy atom. The Labute approximate surface area is 149 Å². The molecule has 1 aliphatic heterocycles. The van der Waals surface area contributed by atoms with Crippen molar-refractivity contribution in [2.45, 2.75) is 25.3 Å². The first-order valence-corrected chi connectivity index (χ1v) is 8.81. The van der Waals surface area contributed by atoms with Gasteiger partial charge in [0.2, 0.25) is 5.91 Å². The predicted octanol–water partition coefficient (Wildman–Crippen LogP) is 3.10. The first-order valence-electron chi connectivity index (χ1n) is 8.81. The number of carbonyl (C=O) groups excluding carboxylic acids is 1. The Morgan fingerprint density at radius 3 is 2.72 bits per heavy atom. The van der Waals surface area contributed by atoms with Crippen molar-refractivity contribution in [1.29, 1.82) is 0 Å². The highest BCUT2D eigenvalue weighted by molar-refractivity contribution is 5.77. The van der Waals surface area contributed by atoms with Crippen LogP contribution in [-0.4, -0.2) is 43.7 Å². The maximum Gasteiger partial charge on any atom is 0.223 e. The smallest absolute Gasteiger partial charge is 0.223 e. The Morgan fingerprint density at radius 2 is 1.92 bits per heavy atom. The Kier molecular flexibility index (Phi) is 6.07. The molecule has 1 amide bonds. The summed E-state index contributed by atoms with van der Waals surface area (Å²) in [7, 11) is 1.67. The van der Waals surface area contributed by atoms with Crippen LogP contribution in [0.25, 0.3) is 0 Å². The zero-order valence-corrected chi connectivity index (χ0v) is 14.7. The second-order valence-corrected chi connectivity index (χ2v) is 6.32. The average Bonchev–Trinajstić information content (AvgIpc) is 2.67. The van der Waals surface area contributed by atoms with Crippen molar-refractivity contribution in [3.8, 4) is 5.75 Å². The van der Waals surface area contributed by atoms with E-state index in [9.17, 15) is 4.79 Å². The van der Waals surface area contributed by atoms with Crippen molar-refractivity contribution in [1.82, 2.24) is 4.90 Å². The largest absolute Gasteiger partial charge is 0.496 e. The number of morpholine rings is 1. The zero-order valence-electron chi connectivity index (χ0n) is 14.7. The molecule has 3 rings (SSSR count). The molecule has 4 nitrogen and oxygen atoms in total. The summed E-state index contributed by atoms with van der Waals surface area (Å²) >= 11 is 0. The lowest BCUT2D eigenvalue weighted by Crippen LogP contribution is -2.49. The second-order valence-electron chi connectivity index (χ2n) is 6.32. The fourth-order valence-electron chi connectivity index (χ4n) is 3.33. The molecule has 25 heavy (non-hydrogen) atoms. The monoisotopic (exact) mass is 339 g/mol. The first-order chi connectivity index (χ1) is 12.3. The van der Waals surface area contributed by atoms with Gasteiger partial charge in [0.15, 0.2) is 0 Å². The van der Waals surface area contributed by atoms with Gasteiger partial charge >= 0.3 is 0 Å². The van der Waals surface area contributed by atoms with E-state index in [1.807, 2.05) is 47.4 Å².